The molecule has 0 saturated carbocycles. The van der Waals surface area contributed by atoms with Crippen molar-refractivity contribution in [2.45, 2.75) is 53.1 Å². The first-order valence-corrected chi connectivity index (χ1v) is 7.72. The molecule has 0 saturated heterocycles. The van der Waals surface area contributed by atoms with Crippen LogP contribution in [0.2, 0.25) is 0 Å². The lowest BCUT2D eigenvalue weighted by molar-refractivity contribution is -0.350. The minimum absolute atomic E-state index is 0.317. The molecule has 1 aromatic carbocycles. The van der Waals surface area contributed by atoms with Gasteiger partial charge in [0, 0.05) is 6.92 Å². The van der Waals surface area contributed by atoms with E-state index in [0.29, 0.717) is 13.2 Å². The molecule has 0 fully saturated rings. The lowest BCUT2D eigenvalue weighted by Crippen LogP contribution is -2.31. The van der Waals surface area contributed by atoms with Crippen LogP contribution >= 0.6 is 0 Å². The molecular formula is C19H28O3. The van der Waals surface area contributed by atoms with E-state index in [9.17, 15) is 5.11 Å². The van der Waals surface area contributed by atoms with E-state index in [1.54, 1.807) is 0 Å². The summed E-state index contributed by atoms with van der Waals surface area (Å²) in [6.45, 7) is 8.44. The van der Waals surface area contributed by atoms with E-state index >= 15 is 0 Å². The van der Waals surface area contributed by atoms with Gasteiger partial charge in [0.15, 0.2) is 0 Å². The highest BCUT2D eigenvalue weighted by atomic mass is 16.8. The SMILES string of the molecule is CC(C)=CCC/C(C)=C/COC(C)(O)OCc1ccccc1. The van der Waals surface area contributed by atoms with Gasteiger partial charge in [0.2, 0.25) is 0 Å². The predicted molar refractivity (Wildman–Crippen MR) is 90.2 cm³/mol. The lowest BCUT2D eigenvalue weighted by atomic mass is 10.1. The Bertz CT molecular complexity index is 483. The zero-order valence-corrected chi connectivity index (χ0v) is 14.1. The van der Waals surface area contributed by atoms with Crippen LogP contribution in [0.1, 0.15) is 46.1 Å². The second kappa shape index (κ2) is 9.57. The van der Waals surface area contributed by atoms with E-state index in [-0.39, 0.29) is 0 Å². The summed E-state index contributed by atoms with van der Waals surface area (Å²) in [6, 6.07) is 9.72. The van der Waals surface area contributed by atoms with Gasteiger partial charge in [-0.05, 0) is 39.2 Å². The van der Waals surface area contributed by atoms with Crippen molar-refractivity contribution in [1.82, 2.24) is 0 Å². The van der Waals surface area contributed by atoms with E-state index in [1.165, 1.54) is 18.1 Å². The van der Waals surface area contributed by atoms with Crippen molar-refractivity contribution in [3.8, 4) is 0 Å². The molecule has 0 heterocycles. The van der Waals surface area contributed by atoms with Crippen molar-refractivity contribution < 1.29 is 14.6 Å². The van der Waals surface area contributed by atoms with E-state index in [0.717, 1.165) is 18.4 Å². The van der Waals surface area contributed by atoms with Gasteiger partial charge in [-0.1, -0.05) is 53.6 Å². The maximum absolute atomic E-state index is 10.1. The second-order valence-corrected chi connectivity index (χ2v) is 5.85. The molecule has 1 unspecified atom stereocenters. The predicted octanol–water partition coefficient (Wildman–Crippen LogP) is 4.58. The van der Waals surface area contributed by atoms with Crippen molar-refractivity contribution >= 4 is 0 Å². The summed E-state index contributed by atoms with van der Waals surface area (Å²) in [4.78, 5) is 0. The third-order valence-electron chi connectivity index (χ3n) is 3.22. The Morgan fingerprint density at radius 3 is 2.41 bits per heavy atom. The fourth-order valence-corrected chi connectivity index (χ4v) is 1.86. The minimum Gasteiger partial charge on any atom is -0.344 e. The van der Waals surface area contributed by atoms with Gasteiger partial charge >= 0.3 is 0 Å². The van der Waals surface area contributed by atoms with Crippen LogP contribution in [-0.4, -0.2) is 17.7 Å². The van der Waals surface area contributed by atoms with E-state index < -0.39 is 5.97 Å². The maximum atomic E-state index is 10.1. The van der Waals surface area contributed by atoms with Crippen LogP contribution in [0.15, 0.2) is 53.6 Å². The fraction of sp³-hybridized carbons (Fsp3) is 0.474. The smallest absolute Gasteiger partial charge is 0.277 e. The Morgan fingerprint density at radius 1 is 1.09 bits per heavy atom. The molecule has 0 radical (unpaired) electrons. The number of hydrogen-bond acceptors (Lipinski definition) is 3. The Kier molecular flexibility index (Phi) is 8.10. The van der Waals surface area contributed by atoms with Gasteiger partial charge in [0.25, 0.3) is 5.97 Å². The molecule has 0 aliphatic heterocycles. The topological polar surface area (TPSA) is 38.7 Å². The normalized spacial score (nSPS) is 14.5. The Hall–Kier alpha value is -1.42. The molecule has 0 aliphatic carbocycles. The van der Waals surface area contributed by atoms with Crippen molar-refractivity contribution in [2.24, 2.45) is 0 Å². The largest absolute Gasteiger partial charge is 0.344 e. The van der Waals surface area contributed by atoms with Gasteiger partial charge in [0.1, 0.15) is 0 Å². The van der Waals surface area contributed by atoms with Gasteiger partial charge in [-0.2, -0.15) is 0 Å². The first-order chi connectivity index (χ1) is 10.4. The van der Waals surface area contributed by atoms with Crippen LogP contribution in [0, 0.1) is 0 Å². The summed E-state index contributed by atoms with van der Waals surface area (Å²) in [7, 11) is 0. The molecule has 1 aromatic rings. The highest BCUT2D eigenvalue weighted by molar-refractivity contribution is 5.13. The number of benzene rings is 1. The quantitative estimate of drug-likeness (QED) is 0.536. The van der Waals surface area contributed by atoms with Crippen LogP contribution < -0.4 is 0 Å². The van der Waals surface area contributed by atoms with Gasteiger partial charge in [-0.25, -0.2) is 0 Å². The van der Waals surface area contributed by atoms with Crippen LogP contribution in [0.5, 0.6) is 0 Å². The molecule has 3 heteroatoms. The fourth-order valence-electron chi connectivity index (χ4n) is 1.86. The third kappa shape index (κ3) is 8.78. The number of rotatable bonds is 9. The first kappa shape index (κ1) is 18.6. The molecule has 0 amide bonds. The van der Waals surface area contributed by atoms with Gasteiger partial charge in [-0.3, -0.25) is 0 Å². The highest BCUT2D eigenvalue weighted by Gasteiger charge is 2.21. The van der Waals surface area contributed by atoms with E-state index in [4.69, 9.17) is 9.47 Å². The van der Waals surface area contributed by atoms with Crippen LogP contribution in [0.3, 0.4) is 0 Å². The Balaban J connectivity index is 2.30. The number of allylic oxidation sites excluding steroid dienone is 3. The van der Waals surface area contributed by atoms with Crippen molar-refractivity contribution in [1.29, 1.82) is 0 Å². The molecule has 1 atom stereocenters. The lowest BCUT2D eigenvalue weighted by Gasteiger charge is -2.23. The second-order valence-electron chi connectivity index (χ2n) is 5.85. The third-order valence-corrected chi connectivity index (χ3v) is 3.22. The first-order valence-electron chi connectivity index (χ1n) is 7.72. The monoisotopic (exact) mass is 304 g/mol. The van der Waals surface area contributed by atoms with E-state index in [1.807, 2.05) is 36.4 Å². The summed E-state index contributed by atoms with van der Waals surface area (Å²) in [5.41, 5.74) is 3.58. The summed E-state index contributed by atoms with van der Waals surface area (Å²) >= 11 is 0. The van der Waals surface area contributed by atoms with Crippen molar-refractivity contribution in [3.63, 3.8) is 0 Å². The number of ether oxygens (including phenoxy) is 2. The van der Waals surface area contributed by atoms with Gasteiger partial charge < -0.3 is 14.6 Å². The Morgan fingerprint density at radius 2 is 1.77 bits per heavy atom. The maximum Gasteiger partial charge on any atom is 0.277 e. The molecule has 0 aromatic heterocycles. The van der Waals surface area contributed by atoms with Crippen LogP contribution in [0.4, 0.5) is 0 Å². The zero-order valence-electron chi connectivity index (χ0n) is 14.1. The Labute approximate surface area is 134 Å². The zero-order chi connectivity index (χ0) is 16.4. The minimum atomic E-state index is -1.58. The van der Waals surface area contributed by atoms with Crippen LogP contribution in [0.25, 0.3) is 0 Å². The molecule has 122 valence electrons. The van der Waals surface area contributed by atoms with Gasteiger partial charge in [-0.15, -0.1) is 0 Å². The number of aliphatic hydroxyl groups is 1. The molecule has 0 bridgehead atoms. The molecule has 3 nitrogen and oxygen atoms in total. The summed E-state index contributed by atoms with van der Waals surface area (Å²) in [5, 5.41) is 10.1. The van der Waals surface area contributed by atoms with Gasteiger partial charge in [0.05, 0.1) is 13.2 Å². The molecule has 0 aliphatic rings. The molecular weight excluding hydrogens is 276 g/mol. The summed E-state index contributed by atoms with van der Waals surface area (Å²) in [5.74, 6) is -1.58. The van der Waals surface area contributed by atoms with Crippen LogP contribution in [-0.2, 0) is 16.1 Å². The summed E-state index contributed by atoms with van der Waals surface area (Å²) in [6.07, 6.45) is 6.24. The molecule has 1 N–H and O–H groups in total. The average molecular weight is 304 g/mol. The average Bonchev–Trinajstić information content (AvgIpc) is 2.46. The van der Waals surface area contributed by atoms with Crippen molar-refractivity contribution in [3.05, 3.63) is 59.2 Å². The van der Waals surface area contributed by atoms with Crippen molar-refractivity contribution in [2.75, 3.05) is 6.61 Å². The molecule has 0 spiro atoms. The molecule has 22 heavy (non-hydrogen) atoms. The summed E-state index contributed by atoms with van der Waals surface area (Å²) < 4.78 is 10.8. The standard InChI is InChI=1S/C19H28O3/c1-16(2)9-8-10-17(3)13-14-21-19(4,20)22-15-18-11-6-5-7-12-18/h5-7,9,11-13,20H,8,10,14-15H2,1-4H3/b17-13+. The highest BCUT2D eigenvalue weighted by Crippen LogP contribution is 2.13. The van der Waals surface area contributed by atoms with E-state index in [2.05, 4.69) is 26.8 Å². The molecule has 1 rings (SSSR count). The number of hydrogen-bond donors (Lipinski definition) is 1.